The van der Waals surface area contributed by atoms with Crippen LogP contribution < -0.4 is 4.90 Å². The zero-order valence-corrected chi connectivity index (χ0v) is 16.9. The predicted octanol–water partition coefficient (Wildman–Crippen LogP) is 4.29. The molecule has 4 rings (SSSR count). The summed E-state index contributed by atoms with van der Waals surface area (Å²) < 4.78 is 1.43. The standard InChI is InChI=1S/C21H20N4O3S/c1-14-21(25(27)28)15(2)23(22-14)12-20(26)24-17-10-6-7-11-19(17)29-13-18(24)16-8-4-3-5-9-16/h3-11,18H,12-13H2,1-2H3. The van der Waals surface area contributed by atoms with Gasteiger partial charge < -0.3 is 4.90 Å². The average Bonchev–Trinajstić information content (AvgIpc) is 3.00. The monoisotopic (exact) mass is 408 g/mol. The number of benzene rings is 2. The number of aromatic nitrogens is 2. The highest BCUT2D eigenvalue weighted by molar-refractivity contribution is 7.99. The molecule has 7 nitrogen and oxygen atoms in total. The van der Waals surface area contributed by atoms with Crippen molar-refractivity contribution in [3.8, 4) is 0 Å². The minimum absolute atomic E-state index is 0.0352. The van der Waals surface area contributed by atoms with Gasteiger partial charge in [-0.2, -0.15) is 5.10 Å². The fraction of sp³-hybridized carbons (Fsp3) is 0.238. The van der Waals surface area contributed by atoms with Crippen LogP contribution in [0.5, 0.6) is 0 Å². The molecule has 1 unspecified atom stereocenters. The quantitative estimate of drug-likeness (QED) is 0.475. The Morgan fingerprint density at radius 3 is 2.55 bits per heavy atom. The van der Waals surface area contributed by atoms with Crippen LogP contribution in [0.15, 0.2) is 59.5 Å². The first kappa shape index (κ1) is 19.2. The van der Waals surface area contributed by atoms with Gasteiger partial charge >= 0.3 is 5.69 Å². The summed E-state index contributed by atoms with van der Waals surface area (Å²) in [5.41, 5.74) is 2.58. The Labute approximate surface area is 172 Å². The Morgan fingerprint density at radius 2 is 1.86 bits per heavy atom. The van der Waals surface area contributed by atoms with Gasteiger partial charge in [-0.05, 0) is 31.5 Å². The number of para-hydroxylation sites is 1. The third-order valence-electron chi connectivity index (χ3n) is 5.10. The van der Waals surface area contributed by atoms with Gasteiger partial charge in [-0.3, -0.25) is 19.6 Å². The Kier molecular flexibility index (Phi) is 5.10. The molecule has 0 aliphatic carbocycles. The molecule has 2 heterocycles. The number of anilines is 1. The topological polar surface area (TPSA) is 81.3 Å². The number of amides is 1. The van der Waals surface area contributed by atoms with Crippen molar-refractivity contribution in [2.24, 2.45) is 0 Å². The molecular weight excluding hydrogens is 388 g/mol. The number of nitro groups is 1. The SMILES string of the molecule is Cc1nn(CC(=O)N2c3ccccc3SCC2c2ccccc2)c(C)c1[N+](=O)[O-]. The highest BCUT2D eigenvalue weighted by Gasteiger charge is 2.33. The van der Waals surface area contributed by atoms with Crippen LogP contribution in [0.1, 0.15) is 23.0 Å². The van der Waals surface area contributed by atoms with Crippen molar-refractivity contribution in [2.45, 2.75) is 31.3 Å². The van der Waals surface area contributed by atoms with E-state index >= 15 is 0 Å². The van der Waals surface area contributed by atoms with E-state index in [4.69, 9.17) is 0 Å². The minimum atomic E-state index is -0.446. The molecule has 148 valence electrons. The predicted molar refractivity (Wildman–Crippen MR) is 112 cm³/mol. The summed E-state index contributed by atoms with van der Waals surface area (Å²) in [6.45, 7) is 3.16. The fourth-order valence-corrected chi connectivity index (χ4v) is 4.90. The largest absolute Gasteiger partial charge is 0.312 e. The van der Waals surface area contributed by atoms with Crippen LogP contribution in [0.2, 0.25) is 0 Å². The van der Waals surface area contributed by atoms with E-state index in [2.05, 4.69) is 5.10 Å². The normalized spacial score (nSPS) is 15.8. The zero-order valence-electron chi connectivity index (χ0n) is 16.1. The number of hydrogen-bond acceptors (Lipinski definition) is 5. The van der Waals surface area contributed by atoms with Crippen molar-refractivity contribution >= 4 is 29.0 Å². The summed E-state index contributed by atoms with van der Waals surface area (Å²) in [5.74, 6) is 0.594. The molecule has 0 saturated heterocycles. The van der Waals surface area contributed by atoms with E-state index in [9.17, 15) is 14.9 Å². The van der Waals surface area contributed by atoms with E-state index in [1.165, 1.54) is 4.68 Å². The molecular formula is C21H20N4O3S. The molecule has 2 aromatic carbocycles. The first-order chi connectivity index (χ1) is 14.0. The highest BCUT2D eigenvalue weighted by Crippen LogP contribution is 2.43. The van der Waals surface area contributed by atoms with E-state index in [-0.39, 0.29) is 24.2 Å². The Balaban J connectivity index is 1.72. The van der Waals surface area contributed by atoms with Crippen LogP contribution in [0.3, 0.4) is 0 Å². The maximum atomic E-state index is 13.4. The fourth-order valence-electron chi connectivity index (χ4n) is 3.73. The first-order valence-electron chi connectivity index (χ1n) is 9.24. The number of aryl methyl sites for hydroxylation is 1. The lowest BCUT2D eigenvalue weighted by Crippen LogP contribution is -2.40. The van der Waals surface area contributed by atoms with Crippen LogP contribution in [0, 0.1) is 24.0 Å². The van der Waals surface area contributed by atoms with Crippen molar-refractivity contribution in [3.05, 3.63) is 81.7 Å². The van der Waals surface area contributed by atoms with Crippen LogP contribution >= 0.6 is 11.8 Å². The number of carbonyl (C=O) groups is 1. The molecule has 0 N–H and O–H groups in total. The molecule has 1 aliphatic rings. The maximum absolute atomic E-state index is 13.4. The first-order valence-corrected chi connectivity index (χ1v) is 10.2. The van der Waals surface area contributed by atoms with E-state index in [0.717, 1.165) is 21.9 Å². The van der Waals surface area contributed by atoms with Gasteiger partial charge in [-0.1, -0.05) is 42.5 Å². The second kappa shape index (κ2) is 7.71. The zero-order chi connectivity index (χ0) is 20.5. The lowest BCUT2D eigenvalue weighted by atomic mass is 10.1. The number of fused-ring (bicyclic) bond motifs is 1. The minimum Gasteiger partial charge on any atom is -0.301 e. The molecule has 1 atom stereocenters. The molecule has 0 bridgehead atoms. The summed E-state index contributed by atoms with van der Waals surface area (Å²) in [4.78, 5) is 27.2. The molecule has 1 aliphatic heterocycles. The van der Waals surface area contributed by atoms with Crippen LogP contribution in [-0.4, -0.2) is 26.4 Å². The van der Waals surface area contributed by atoms with Crippen molar-refractivity contribution in [3.63, 3.8) is 0 Å². The van der Waals surface area contributed by atoms with Gasteiger partial charge in [-0.15, -0.1) is 11.8 Å². The lowest BCUT2D eigenvalue weighted by molar-refractivity contribution is -0.386. The van der Waals surface area contributed by atoms with Gasteiger partial charge in [0, 0.05) is 10.6 Å². The van der Waals surface area contributed by atoms with E-state index in [1.807, 2.05) is 59.5 Å². The number of thioether (sulfide) groups is 1. The molecule has 0 radical (unpaired) electrons. The van der Waals surface area contributed by atoms with Gasteiger partial charge in [0.1, 0.15) is 17.9 Å². The van der Waals surface area contributed by atoms with Gasteiger partial charge in [0.15, 0.2) is 0 Å². The second-order valence-corrected chi connectivity index (χ2v) is 7.96. The number of nitrogens with zero attached hydrogens (tertiary/aromatic N) is 4. The number of rotatable bonds is 4. The van der Waals surface area contributed by atoms with Crippen molar-refractivity contribution < 1.29 is 9.72 Å². The summed E-state index contributed by atoms with van der Waals surface area (Å²) in [7, 11) is 0. The smallest absolute Gasteiger partial charge is 0.301 e. The van der Waals surface area contributed by atoms with Gasteiger partial charge in [0.2, 0.25) is 5.91 Å². The van der Waals surface area contributed by atoms with Crippen LogP contribution in [0.25, 0.3) is 0 Å². The third kappa shape index (κ3) is 3.51. The molecule has 0 fully saturated rings. The Bertz CT molecular complexity index is 1080. The summed E-state index contributed by atoms with van der Waals surface area (Å²) >= 11 is 1.73. The molecule has 1 aromatic heterocycles. The maximum Gasteiger partial charge on any atom is 0.312 e. The molecule has 0 spiro atoms. The molecule has 8 heteroatoms. The van der Waals surface area contributed by atoms with Gasteiger partial charge in [0.05, 0.1) is 16.7 Å². The summed E-state index contributed by atoms with van der Waals surface area (Å²) in [6, 6.07) is 17.6. The molecule has 0 saturated carbocycles. The number of carbonyl (C=O) groups excluding carboxylic acids is 1. The third-order valence-corrected chi connectivity index (χ3v) is 6.24. The molecule has 1 amide bonds. The number of hydrogen-bond donors (Lipinski definition) is 0. The summed E-state index contributed by atoms with van der Waals surface area (Å²) in [6.07, 6.45) is 0. The summed E-state index contributed by atoms with van der Waals surface area (Å²) in [5, 5.41) is 15.5. The van der Waals surface area contributed by atoms with Crippen LogP contribution in [0.4, 0.5) is 11.4 Å². The van der Waals surface area contributed by atoms with Crippen LogP contribution in [-0.2, 0) is 11.3 Å². The lowest BCUT2D eigenvalue weighted by Gasteiger charge is -2.37. The van der Waals surface area contributed by atoms with Gasteiger partial charge in [-0.25, -0.2) is 0 Å². The average molecular weight is 408 g/mol. The van der Waals surface area contributed by atoms with Crippen molar-refractivity contribution in [2.75, 3.05) is 10.7 Å². The van der Waals surface area contributed by atoms with Crippen molar-refractivity contribution in [1.82, 2.24) is 9.78 Å². The van der Waals surface area contributed by atoms with E-state index in [1.54, 1.807) is 25.6 Å². The van der Waals surface area contributed by atoms with E-state index in [0.29, 0.717) is 11.4 Å². The Morgan fingerprint density at radius 1 is 1.17 bits per heavy atom. The molecule has 3 aromatic rings. The van der Waals surface area contributed by atoms with Crippen molar-refractivity contribution in [1.29, 1.82) is 0 Å². The Hall–Kier alpha value is -3.13. The molecule has 29 heavy (non-hydrogen) atoms. The van der Waals surface area contributed by atoms with E-state index < -0.39 is 4.92 Å². The van der Waals surface area contributed by atoms with Gasteiger partial charge in [0.25, 0.3) is 0 Å². The highest BCUT2D eigenvalue weighted by atomic mass is 32.2. The second-order valence-electron chi connectivity index (χ2n) is 6.90.